The van der Waals surface area contributed by atoms with Crippen LogP contribution < -0.4 is 0 Å². The van der Waals surface area contributed by atoms with Crippen molar-refractivity contribution in [3.05, 3.63) is 30.1 Å². The van der Waals surface area contributed by atoms with Gasteiger partial charge in [-0.15, -0.1) is 0 Å². The zero-order chi connectivity index (χ0) is 19.4. The van der Waals surface area contributed by atoms with Gasteiger partial charge >= 0.3 is 0 Å². The van der Waals surface area contributed by atoms with Crippen molar-refractivity contribution in [1.29, 1.82) is 0 Å². The van der Waals surface area contributed by atoms with E-state index in [-0.39, 0.29) is 30.0 Å². The molecule has 0 bridgehead atoms. The molecule has 2 fully saturated rings. The third kappa shape index (κ3) is 5.04. The van der Waals surface area contributed by atoms with Crippen molar-refractivity contribution >= 4 is 15.9 Å². The lowest BCUT2D eigenvalue weighted by molar-refractivity contribution is -0.133. The average Bonchev–Trinajstić information content (AvgIpc) is 3.15. The Hall–Kier alpha value is -1.55. The molecule has 27 heavy (non-hydrogen) atoms. The van der Waals surface area contributed by atoms with Crippen LogP contribution in [0.15, 0.2) is 29.2 Å². The molecule has 9 heteroatoms. The summed E-state index contributed by atoms with van der Waals surface area (Å²) in [6.45, 7) is 2.99. The molecule has 0 N–H and O–H groups in total. The Kier molecular flexibility index (Phi) is 6.46. The van der Waals surface area contributed by atoms with Gasteiger partial charge in [0, 0.05) is 39.3 Å². The lowest BCUT2D eigenvalue weighted by Crippen LogP contribution is -2.52. The van der Waals surface area contributed by atoms with Crippen LogP contribution in [0.3, 0.4) is 0 Å². The second kappa shape index (κ2) is 8.64. The minimum absolute atomic E-state index is 0.00525. The Balaban J connectivity index is 1.50. The molecule has 7 nitrogen and oxygen atoms in total. The summed E-state index contributed by atoms with van der Waals surface area (Å²) in [5.74, 6) is -0.481. The highest BCUT2D eigenvalue weighted by Crippen LogP contribution is 2.18. The van der Waals surface area contributed by atoms with E-state index in [2.05, 4.69) is 0 Å². The maximum absolute atomic E-state index is 13.0. The molecule has 0 radical (unpaired) electrons. The number of carbonyl (C=O) groups excluding carboxylic acids is 1. The summed E-state index contributed by atoms with van der Waals surface area (Å²) in [5, 5.41) is 0. The first-order valence-electron chi connectivity index (χ1n) is 9.20. The van der Waals surface area contributed by atoms with E-state index in [1.807, 2.05) is 11.9 Å². The number of amides is 1. The Bertz CT molecular complexity index is 742. The number of piperazine rings is 1. The first kappa shape index (κ1) is 20.2. The summed E-state index contributed by atoms with van der Waals surface area (Å²) < 4.78 is 45.2. The van der Waals surface area contributed by atoms with Gasteiger partial charge in [0.15, 0.2) is 0 Å². The maximum atomic E-state index is 13.0. The van der Waals surface area contributed by atoms with Crippen molar-refractivity contribution in [2.24, 2.45) is 0 Å². The minimum Gasteiger partial charge on any atom is -0.377 e. The van der Waals surface area contributed by atoms with E-state index in [1.165, 1.54) is 16.4 Å². The van der Waals surface area contributed by atoms with E-state index in [0.29, 0.717) is 19.6 Å². The summed E-state index contributed by atoms with van der Waals surface area (Å²) >= 11 is 0. The summed E-state index contributed by atoms with van der Waals surface area (Å²) in [5.41, 5.74) is 0. The molecule has 150 valence electrons. The van der Waals surface area contributed by atoms with Crippen molar-refractivity contribution in [3.8, 4) is 0 Å². The molecule has 2 saturated heterocycles. The van der Waals surface area contributed by atoms with Crippen molar-refractivity contribution in [3.63, 3.8) is 0 Å². The molecule has 2 aliphatic rings. The molecule has 0 saturated carbocycles. The van der Waals surface area contributed by atoms with Crippen molar-refractivity contribution in [2.45, 2.75) is 23.8 Å². The maximum Gasteiger partial charge on any atom is 0.243 e. The molecule has 1 amide bonds. The van der Waals surface area contributed by atoms with E-state index >= 15 is 0 Å². The Morgan fingerprint density at radius 2 is 1.89 bits per heavy atom. The first-order valence-corrected chi connectivity index (χ1v) is 10.6. The smallest absolute Gasteiger partial charge is 0.243 e. The van der Waals surface area contributed by atoms with Crippen LogP contribution >= 0.6 is 0 Å². The molecule has 2 heterocycles. The molecular weight excluding hydrogens is 373 g/mol. The second-order valence-corrected chi connectivity index (χ2v) is 9.01. The number of benzene rings is 1. The van der Waals surface area contributed by atoms with Gasteiger partial charge in [-0.2, -0.15) is 4.31 Å². The number of rotatable bonds is 6. The van der Waals surface area contributed by atoms with Crippen LogP contribution in [-0.4, -0.2) is 87.5 Å². The van der Waals surface area contributed by atoms with Gasteiger partial charge in [-0.3, -0.25) is 9.69 Å². The van der Waals surface area contributed by atoms with Crippen LogP contribution in [0.25, 0.3) is 0 Å². The lowest BCUT2D eigenvalue weighted by atomic mass is 10.2. The van der Waals surface area contributed by atoms with Crippen LogP contribution in [0, 0.1) is 5.82 Å². The average molecular weight is 399 g/mol. The standard InChI is InChI=1S/C18H26FN3O4S/c1-20(13-16-3-2-12-26-16)14-18(23)21-8-10-22(11-9-21)27(24,25)17-6-4-15(19)5-7-17/h4-7,16H,2-3,8-14H2,1H3. The van der Waals surface area contributed by atoms with Crippen molar-refractivity contribution in [2.75, 3.05) is 52.9 Å². The highest BCUT2D eigenvalue weighted by molar-refractivity contribution is 7.89. The fraction of sp³-hybridized carbons (Fsp3) is 0.611. The van der Waals surface area contributed by atoms with Crippen LogP contribution in [0.2, 0.25) is 0 Å². The van der Waals surface area contributed by atoms with Gasteiger partial charge in [0.05, 0.1) is 17.5 Å². The van der Waals surface area contributed by atoms with E-state index in [0.717, 1.165) is 38.1 Å². The van der Waals surface area contributed by atoms with E-state index in [9.17, 15) is 17.6 Å². The fourth-order valence-electron chi connectivity index (χ4n) is 3.46. The number of ether oxygens (including phenoxy) is 1. The largest absolute Gasteiger partial charge is 0.377 e. The number of nitrogens with zero attached hydrogens (tertiary/aromatic N) is 3. The minimum atomic E-state index is -3.66. The highest BCUT2D eigenvalue weighted by Gasteiger charge is 2.30. The summed E-state index contributed by atoms with van der Waals surface area (Å²) in [4.78, 5) is 16.2. The quantitative estimate of drug-likeness (QED) is 0.707. The van der Waals surface area contributed by atoms with Crippen LogP contribution in [0.4, 0.5) is 4.39 Å². The monoisotopic (exact) mass is 399 g/mol. The van der Waals surface area contributed by atoms with Gasteiger partial charge in [-0.1, -0.05) is 0 Å². The fourth-order valence-corrected chi connectivity index (χ4v) is 4.89. The highest BCUT2D eigenvalue weighted by atomic mass is 32.2. The molecule has 0 aromatic heterocycles. The van der Waals surface area contributed by atoms with Crippen molar-refractivity contribution in [1.82, 2.24) is 14.1 Å². The summed E-state index contributed by atoms with van der Waals surface area (Å²) in [6.07, 6.45) is 2.29. The molecule has 1 aromatic rings. The molecule has 1 atom stereocenters. The molecule has 3 rings (SSSR count). The molecule has 1 aromatic carbocycles. The normalized spacial score (nSPS) is 21.7. The summed E-state index contributed by atoms with van der Waals surface area (Å²) in [6, 6.07) is 4.80. The van der Waals surface area contributed by atoms with Crippen LogP contribution in [0.5, 0.6) is 0 Å². The lowest BCUT2D eigenvalue weighted by Gasteiger charge is -2.35. The van der Waals surface area contributed by atoms with Gasteiger partial charge in [-0.05, 0) is 44.2 Å². The molecule has 0 aliphatic carbocycles. The van der Waals surface area contributed by atoms with Gasteiger partial charge in [-0.25, -0.2) is 12.8 Å². The predicted molar refractivity (Wildman–Crippen MR) is 98.2 cm³/mol. The molecule has 2 aliphatic heterocycles. The van der Waals surface area contributed by atoms with Gasteiger partial charge in [0.1, 0.15) is 5.82 Å². The zero-order valence-corrected chi connectivity index (χ0v) is 16.3. The Morgan fingerprint density at radius 3 is 2.48 bits per heavy atom. The van der Waals surface area contributed by atoms with E-state index in [1.54, 1.807) is 4.90 Å². The number of likely N-dealkylation sites (N-methyl/N-ethyl adjacent to an activating group) is 1. The molecular formula is C18H26FN3O4S. The number of hydrogen-bond donors (Lipinski definition) is 0. The summed E-state index contributed by atoms with van der Waals surface area (Å²) in [7, 11) is -1.77. The van der Waals surface area contributed by atoms with Crippen molar-refractivity contribution < 1.29 is 22.3 Å². The second-order valence-electron chi connectivity index (χ2n) is 7.07. The third-order valence-electron chi connectivity index (χ3n) is 4.99. The Morgan fingerprint density at radius 1 is 1.22 bits per heavy atom. The predicted octanol–water partition coefficient (Wildman–Crippen LogP) is 0.769. The zero-order valence-electron chi connectivity index (χ0n) is 15.5. The van der Waals surface area contributed by atoms with Crippen LogP contribution in [-0.2, 0) is 19.6 Å². The topological polar surface area (TPSA) is 70.2 Å². The number of halogens is 1. The third-order valence-corrected chi connectivity index (χ3v) is 6.90. The Labute approximate surface area is 159 Å². The van der Waals surface area contributed by atoms with Gasteiger partial charge in [0.2, 0.25) is 15.9 Å². The number of carbonyl (C=O) groups is 1. The van der Waals surface area contributed by atoms with Crippen LogP contribution in [0.1, 0.15) is 12.8 Å². The van der Waals surface area contributed by atoms with Gasteiger partial charge in [0.25, 0.3) is 0 Å². The van der Waals surface area contributed by atoms with E-state index in [4.69, 9.17) is 4.74 Å². The molecule has 0 spiro atoms. The first-order chi connectivity index (χ1) is 12.9. The van der Waals surface area contributed by atoms with E-state index < -0.39 is 15.8 Å². The molecule has 1 unspecified atom stereocenters. The number of hydrogen-bond acceptors (Lipinski definition) is 5. The van der Waals surface area contributed by atoms with Gasteiger partial charge < -0.3 is 9.64 Å². The SMILES string of the molecule is CN(CC(=O)N1CCN(S(=O)(=O)c2ccc(F)cc2)CC1)CC1CCCO1. The number of sulfonamides is 1.